The number of barbiturate groups is 1. The standard InChI is InChI=1S/C29H24BrFN2O7/c1-3-38-24-15-17(14-22(30)25(24)40-16-19-7-5-6-8-23(19)31)13-21-26(34)32-29(37)33(27(21)35)20-11-9-18(10-12-20)28(36)39-4-2/h5-15H,3-4,16H2,1-2H3,(H,32,34,37)/b21-13+. The van der Waals surface area contributed by atoms with Gasteiger partial charge in [-0.3, -0.25) is 14.9 Å². The monoisotopic (exact) mass is 610 g/mol. The maximum atomic E-state index is 14.1. The van der Waals surface area contributed by atoms with Gasteiger partial charge in [-0.15, -0.1) is 0 Å². The van der Waals surface area contributed by atoms with Crippen molar-refractivity contribution in [1.29, 1.82) is 0 Å². The molecule has 1 aliphatic rings. The lowest BCUT2D eigenvalue weighted by Crippen LogP contribution is -2.54. The molecule has 9 nitrogen and oxygen atoms in total. The van der Waals surface area contributed by atoms with Gasteiger partial charge in [-0.2, -0.15) is 0 Å². The molecule has 0 bridgehead atoms. The molecule has 0 aliphatic carbocycles. The number of ether oxygens (including phenoxy) is 3. The highest BCUT2D eigenvalue weighted by Crippen LogP contribution is 2.38. The van der Waals surface area contributed by atoms with Crippen molar-refractivity contribution in [3.05, 3.63) is 93.2 Å². The summed E-state index contributed by atoms with van der Waals surface area (Å²) in [4.78, 5) is 51.3. The van der Waals surface area contributed by atoms with Crippen molar-refractivity contribution in [1.82, 2.24) is 5.32 Å². The molecule has 11 heteroatoms. The van der Waals surface area contributed by atoms with Crippen LogP contribution in [-0.2, 0) is 20.9 Å². The number of rotatable bonds is 9. The quantitative estimate of drug-likeness (QED) is 0.196. The number of nitrogens with one attached hydrogen (secondary N) is 1. The predicted octanol–water partition coefficient (Wildman–Crippen LogP) is 5.41. The van der Waals surface area contributed by atoms with E-state index in [-0.39, 0.29) is 36.6 Å². The van der Waals surface area contributed by atoms with E-state index < -0.39 is 29.6 Å². The summed E-state index contributed by atoms with van der Waals surface area (Å²) in [5.74, 6) is -2.07. The topological polar surface area (TPSA) is 111 Å². The van der Waals surface area contributed by atoms with Crippen molar-refractivity contribution in [2.75, 3.05) is 18.1 Å². The molecule has 0 aromatic heterocycles. The Bertz CT molecular complexity index is 1500. The van der Waals surface area contributed by atoms with Crippen LogP contribution in [0.4, 0.5) is 14.9 Å². The van der Waals surface area contributed by atoms with Gasteiger partial charge in [0, 0.05) is 5.56 Å². The summed E-state index contributed by atoms with van der Waals surface area (Å²) in [5, 5.41) is 2.16. The lowest BCUT2D eigenvalue weighted by Gasteiger charge is -2.26. The van der Waals surface area contributed by atoms with Gasteiger partial charge in [-0.25, -0.2) is 18.9 Å². The Labute approximate surface area is 237 Å². The summed E-state index contributed by atoms with van der Waals surface area (Å²) in [5.41, 5.74) is 0.852. The number of esters is 1. The highest BCUT2D eigenvalue weighted by Gasteiger charge is 2.37. The molecule has 0 unspecified atom stereocenters. The second-order valence-corrected chi connectivity index (χ2v) is 9.22. The number of halogens is 2. The molecule has 4 amide bonds. The third-order valence-electron chi connectivity index (χ3n) is 5.71. The van der Waals surface area contributed by atoms with Gasteiger partial charge in [0.15, 0.2) is 11.5 Å². The number of nitrogens with zero attached hydrogens (tertiary/aromatic N) is 1. The summed E-state index contributed by atoms with van der Waals surface area (Å²) in [7, 11) is 0. The van der Waals surface area contributed by atoms with Crippen LogP contribution in [-0.4, -0.2) is 37.0 Å². The van der Waals surface area contributed by atoms with Gasteiger partial charge >= 0.3 is 12.0 Å². The Balaban J connectivity index is 1.63. The van der Waals surface area contributed by atoms with Crippen LogP contribution in [0, 0.1) is 5.82 Å². The normalized spacial score (nSPS) is 14.2. The van der Waals surface area contributed by atoms with Crippen molar-refractivity contribution in [3.63, 3.8) is 0 Å². The molecule has 1 fully saturated rings. The summed E-state index contributed by atoms with van der Waals surface area (Å²) in [6.07, 6.45) is 1.32. The maximum absolute atomic E-state index is 14.1. The zero-order chi connectivity index (χ0) is 28.8. The lowest BCUT2D eigenvalue weighted by atomic mass is 10.1. The van der Waals surface area contributed by atoms with E-state index in [0.29, 0.717) is 27.1 Å². The average Bonchev–Trinajstić information content (AvgIpc) is 2.92. The second kappa shape index (κ2) is 12.6. The SMILES string of the molecule is CCOC(=O)c1ccc(N2C(=O)NC(=O)/C(=C\c3cc(Br)c(OCc4ccccc4F)c(OCC)c3)C2=O)cc1. The number of hydrogen-bond donors (Lipinski definition) is 1. The smallest absolute Gasteiger partial charge is 0.338 e. The number of anilines is 1. The molecule has 3 aromatic carbocycles. The van der Waals surface area contributed by atoms with E-state index in [0.717, 1.165) is 4.90 Å². The van der Waals surface area contributed by atoms with E-state index in [1.165, 1.54) is 36.4 Å². The molecular weight excluding hydrogens is 587 g/mol. The number of imide groups is 2. The molecule has 0 radical (unpaired) electrons. The molecule has 1 saturated heterocycles. The summed E-state index contributed by atoms with van der Waals surface area (Å²) in [6, 6.07) is 14.1. The van der Waals surface area contributed by atoms with Crippen LogP contribution >= 0.6 is 15.9 Å². The fourth-order valence-electron chi connectivity index (χ4n) is 3.86. The fourth-order valence-corrected chi connectivity index (χ4v) is 4.43. The molecule has 1 N–H and O–H groups in total. The summed E-state index contributed by atoms with van der Waals surface area (Å²) < 4.78 is 31.0. The van der Waals surface area contributed by atoms with Gasteiger partial charge < -0.3 is 14.2 Å². The van der Waals surface area contributed by atoms with E-state index in [9.17, 15) is 23.6 Å². The molecule has 1 heterocycles. The number of amides is 4. The van der Waals surface area contributed by atoms with Crippen LogP contribution in [0.25, 0.3) is 6.08 Å². The Morgan fingerprint density at radius 1 is 1.00 bits per heavy atom. The minimum absolute atomic E-state index is 0.0568. The zero-order valence-corrected chi connectivity index (χ0v) is 23.1. The highest BCUT2D eigenvalue weighted by atomic mass is 79.9. The lowest BCUT2D eigenvalue weighted by molar-refractivity contribution is -0.122. The average molecular weight is 611 g/mol. The van der Waals surface area contributed by atoms with Crippen LogP contribution in [0.15, 0.2) is 70.7 Å². The van der Waals surface area contributed by atoms with Crippen molar-refractivity contribution >= 4 is 51.5 Å². The first-order valence-corrected chi connectivity index (χ1v) is 13.0. The van der Waals surface area contributed by atoms with Crippen molar-refractivity contribution < 1.29 is 37.8 Å². The van der Waals surface area contributed by atoms with Gasteiger partial charge in [-0.1, -0.05) is 18.2 Å². The zero-order valence-electron chi connectivity index (χ0n) is 21.5. The van der Waals surface area contributed by atoms with Crippen LogP contribution in [0.2, 0.25) is 0 Å². The van der Waals surface area contributed by atoms with Gasteiger partial charge in [0.1, 0.15) is 18.0 Å². The minimum Gasteiger partial charge on any atom is -0.490 e. The number of hydrogen-bond acceptors (Lipinski definition) is 7. The Morgan fingerprint density at radius 2 is 1.73 bits per heavy atom. The van der Waals surface area contributed by atoms with Crippen molar-refractivity contribution in [2.45, 2.75) is 20.5 Å². The Kier molecular flexibility index (Phi) is 8.95. The largest absolute Gasteiger partial charge is 0.490 e. The second-order valence-electron chi connectivity index (χ2n) is 8.37. The third-order valence-corrected chi connectivity index (χ3v) is 6.30. The summed E-state index contributed by atoms with van der Waals surface area (Å²) >= 11 is 3.43. The minimum atomic E-state index is -0.927. The molecule has 0 atom stereocenters. The first-order chi connectivity index (χ1) is 19.2. The highest BCUT2D eigenvalue weighted by molar-refractivity contribution is 9.10. The van der Waals surface area contributed by atoms with Gasteiger partial charge in [0.25, 0.3) is 11.8 Å². The number of urea groups is 1. The third kappa shape index (κ3) is 6.20. The molecule has 3 aromatic rings. The molecule has 1 aliphatic heterocycles. The first-order valence-electron chi connectivity index (χ1n) is 12.2. The van der Waals surface area contributed by atoms with Crippen molar-refractivity contribution in [3.8, 4) is 11.5 Å². The molecule has 0 saturated carbocycles. The van der Waals surface area contributed by atoms with E-state index in [1.54, 1.807) is 44.2 Å². The fraction of sp³-hybridized carbons (Fsp3) is 0.172. The first kappa shape index (κ1) is 28.5. The maximum Gasteiger partial charge on any atom is 0.338 e. The molecule has 206 valence electrons. The van der Waals surface area contributed by atoms with Crippen LogP contribution in [0.3, 0.4) is 0 Å². The number of benzene rings is 3. The van der Waals surface area contributed by atoms with Crippen molar-refractivity contribution in [2.24, 2.45) is 0 Å². The van der Waals surface area contributed by atoms with Crippen LogP contribution < -0.4 is 19.7 Å². The van der Waals surface area contributed by atoms with Gasteiger partial charge in [0.2, 0.25) is 0 Å². The summed E-state index contributed by atoms with van der Waals surface area (Å²) in [6.45, 7) is 3.87. The van der Waals surface area contributed by atoms with E-state index in [4.69, 9.17) is 14.2 Å². The number of carbonyl (C=O) groups is 4. The van der Waals surface area contributed by atoms with Gasteiger partial charge in [-0.05, 0) is 83.9 Å². The van der Waals surface area contributed by atoms with E-state index in [1.807, 2.05) is 0 Å². The molecule has 4 rings (SSSR count). The molecule has 40 heavy (non-hydrogen) atoms. The van der Waals surface area contributed by atoms with E-state index in [2.05, 4.69) is 21.2 Å². The number of carbonyl (C=O) groups excluding carboxylic acids is 4. The van der Waals surface area contributed by atoms with Gasteiger partial charge in [0.05, 0.1) is 28.9 Å². The Morgan fingerprint density at radius 3 is 2.40 bits per heavy atom. The van der Waals surface area contributed by atoms with E-state index >= 15 is 0 Å². The van der Waals surface area contributed by atoms with Crippen LogP contribution in [0.1, 0.15) is 35.3 Å². The molecule has 0 spiro atoms. The Hall–Kier alpha value is -4.51. The van der Waals surface area contributed by atoms with Crippen LogP contribution in [0.5, 0.6) is 11.5 Å². The predicted molar refractivity (Wildman–Crippen MR) is 147 cm³/mol. The molecular formula is C29H24BrFN2O7.